The Bertz CT molecular complexity index is 208. The number of rotatable bonds is 1. The summed E-state index contributed by atoms with van der Waals surface area (Å²) in [5.41, 5.74) is -2.47. The van der Waals surface area contributed by atoms with E-state index in [4.69, 9.17) is 0 Å². The zero-order valence-corrected chi connectivity index (χ0v) is 7.07. The van der Waals surface area contributed by atoms with Gasteiger partial charge in [0.05, 0.1) is 7.11 Å². The van der Waals surface area contributed by atoms with Crippen molar-refractivity contribution < 1.29 is 22.7 Å². The normalized spacial score (nSPS) is 28.9. The number of hydrogen-bond donors (Lipinski definition) is 1. The molecule has 0 bridgehead atoms. The van der Waals surface area contributed by atoms with Crippen molar-refractivity contribution in [3.8, 4) is 0 Å². The van der Waals surface area contributed by atoms with Crippen molar-refractivity contribution in [2.45, 2.75) is 24.6 Å². The van der Waals surface area contributed by atoms with Crippen molar-refractivity contribution in [2.24, 2.45) is 0 Å². The molecule has 0 saturated carbocycles. The van der Waals surface area contributed by atoms with Crippen LogP contribution in [0.15, 0.2) is 0 Å². The minimum Gasteiger partial charge on any atom is -0.467 e. The second kappa shape index (κ2) is 3.17. The third-order valence-corrected chi connectivity index (χ3v) is 2.17. The van der Waals surface area contributed by atoms with Crippen molar-refractivity contribution >= 4 is 5.97 Å². The van der Waals surface area contributed by atoms with Crippen molar-refractivity contribution in [1.82, 2.24) is 5.32 Å². The minimum absolute atomic E-state index is 0.189. The predicted molar refractivity (Wildman–Crippen MR) is 38.0 cm³/mol. The summed E-state index contributed by atoms with van der Waals surface area (Å²) in [5.74, 6) is -1.25. The van der Waals surface area contributed by atoms with Crippen molar-refractivity contribution in [1.29, 1.82) is 0 Å². The quantitative estimate of drug-likeness (QED) is 0.633. The molecular formula is C7H10F3NO2. The molecule has 1 saturated heterocycles. The summed E-state index contributed by atoms with van der Waals surface area (Å²) in [6, 6.07) is 0. The molecule has 1 rings (SSSR count). The van der Waals surface area contributed by atoms with Gasteiger partial charge >= 0.3 is 12.1 Å². The first-order chi connectivity index (χ1) is 5.94. The second-order valence-corrected chi connectivity index (χ2v) is 2.93. The minimum atomic E-state index is -4.59. The van der Waals surface area contributed by atoms with E-state index in [0.29, 0.717) is 6.42 Å². The second-order valence-electron chi connectivity index (χ2n) is 2.93. The highest BCUT2D eigenvalue weighted by Crippen LogP contribution is 2.37. The van der Waals surface area contributed by atoms with Gasteiger partial charge in [0.1, 0.15) is 0 Å². The number of hydrogen-bond acceptors (Lipinski definition) is 3. The number of nitrogens with one attached hydrogen (secondary N) is 1. The van der Waals surface area contributed by atoms with Crippen LogP contribution in [0, 0.1) is 0 Å². The summed E-state index contributed by atoms with van der Waals surface area (Å²) < 4.78 is 41.6. The van der Waals surface area contributed by atoms with E-state index >= 15 is 0 Å². The van der Waals surface area contributed by atoms with Crippen LogP contribution in [0.2, 0.25) is 0 Å². The van der Waals surface area contributed by atoms with Gasteiger partial charge in [0.25, 0.3) is 0 Å². The van der Waals surface area contributed by atoms with Gasteiger partial charge in [0.15, 0.2) is 0 Å². The van der Waals surface area contributed by atoms with E-state index in [2.05, 4.69) is 10.1 Å². The highest BCUT2D eigenvalue weighted by molar-refractivity contribution is 5.82. The average Bonchev–Trinajstić information content (AvgIpc) is 2.50. The van der Waals surface area contributed by atoms with Gasteiger partial charge in [-0.25, -0.2) is 4.79 Å². The number of alkyl halides is 3. The Morgan fingerprint density at radius 1 is 1.54 bits per heavy atom. The van der Waals surface area contributed by atoms with E-state index in [-0.39, 0.29) is 13.0 Å². The van der Waals surface area contributed by atoms with Crippen LogP contribution in [-0.4, -0.2) is 31.3 Å². The molecule has 13 heavy (non-hydrogen) atoms. The summed E-state index contributed by atoms with van der Waals surface area (Å²) in [6.45, 7) is 0.189. The Kier molecular flexibility index (Phi) is 2.51. The van der Waals surface area contributed by atoms with Gasteiger partial charge in [-0.05, 0) is 19.4 Å². The molecule has 1 aliphatic heterocycles. The van der Waals surface area contributed by atoms with Crippen molar-refractivity contribution in [3.05, 3.63) is 0 Å². The van der Waals surface area contributed by atoms with Gasteiger partial charge < -0.3 is 4.74 Å². The fourth-order valence-electron chi connectivity index (χ4n) is 1.45. The molecule has 0 spiro atoms. The first-order valence-electron chi connectivity index (χ1n) is 3.84. The van der Waals surface area contributed by atoms with Crippen LogP contribution in [0.3, 0.4) is 0 Å². The van der Waals surface area contributed by atoms with Crippen LogP contribution in [0.5, 0.6) is 0 Å². The topological polar surface area (TPSA) is 38.3 Å². The van der Waals surface area contributed by atoms with E-state index in [9.17, 15) is 18.0 Å². The van der Waals surface area contributed by atoms with Gasteiger partial charge in [-0.1, -0.05) is 0 Å². The standard InChI is InChI=1S/C7H10F3NO2/c1-13-5(12)6(7(8,9)10)3-2-4-11-6/h11H,2-4H2,1H3/t6-/m1/s1. The summed E-state index contributed by atoms with van der Waals surface area (Å²) >= 11 is 0. The molecule has 0 amide bonds. The molecular weight excluding hydrogens is 187 g/mol. The van der Waals surface area contributed by atoms with Gasteiger partial charge in [0, 0.05) is 0 Å². The van der Waals surface area contributed by atoms with Gasteiger partial charge in [0.2, 0.25) is 5.54 Å². The zero-order valence-electron chi connectivity index (χ0n) is 7.07. The number of esters is 1. The fraction of sp³-hybridized carbons (Fsp3) is 0.857. The van der Waals surface area contributed by atoms with E-state index in [1.54, 1.807) is 0 Å². The average molecular weight is 197 g/mol. The molecule has 0 radical (unpaired) electrons. The van der Waals surface area contributed by atoms with E-state index < -0.39 is 17.7 Å². The number of halogens is 3. The molecule has 1 atom stereocenters. The number of ether oxygens (including phenoxy) is 1. The van der Waals surface area contributed by atoms with Crippen molar-refractivity contribution in [3.63, 3.8) is 0 Å². The molecule has 1 heterocycles. The van der Waals surface area contributed by atoms with Crippen LogP contribution in [-0.2, 0) is 9.53 Å². The highest BCUT2D eigenvalue weighted by Gasteiger charge is 2.62. The Morgan fingerprint density at radius 3 is 2.46 bits per heavy atom. The summed E-state index contributed by atoms with van der Waals surface area (Å²) in [7, 11) is 0.954. The maximum Gasteiger partial charge on any atom is 0.417 e. The summed E-state index contributed by atoms with van der Waals surface area (Å²) in [4.78, 5) is 11.0. The maximum absolute atomic E-state index is 12.5. The molecule has 1 N–H and O–H groups in total. The van der Waals surface area contributed by atoms with Crippen LogP contribution < -0.4 is 5.32 Å². The molecule has 0 aromatic carbocycles. The molecule has 1 fully saturated rings. The Hall–Kier alpha value is -0.780. The van der Waals surface area contributed by atoms with E-state index in [1.165, 1.54) is 0 Å². The van der Waals surface area contributed by atoms with E-state index in [0.717, 1.165) is 7.11 Å². The number of methoxy groups -OCH3 is 1. The predicted octanol–water partition coefficient (Wildman–Crippen LogP) is 0.844. The molecule has 0 aliphatic carbocycles. The fourth-order valence-corrected chi connectivity index (χ4v) is 1.45. The SMILES string of the molecule is COC(=O)[C@@]1(C(F)(F)F)CCCN1. The van der Waals surface area contributed by atoms with Crippen molar-refractivity contribution in [2.75, 3.05) is 13.7 Å². The Balaban J connectivity index is 2.94. The van der Waals surface area contributed by atoms with Crippen LogP contribution in [0.4, 0.5) is 13.2 Å². The van der Waals surface area contributed by atoms with E-state index in [1.807, 2.05) is 0 Å². The lowest BCUT2D eigenvalue weighted by atomic mass is 9.97. The smallest absolute Gasteiger partial charge is 0.417 e. The molecule has 3 nitrogen and oxygen atoms in total. The van der Waals surface area contributed by atoms with Crippen LogP contribution >= 0.6 is 0 Å². The number of carbonyl (C=O) groups is 1. The summed E-state index contributed by atoms with van der Waals surface area (Å²) in [6.07, 6.45) is -4.51. The lowest BCUT2D eigenvalue weighted by molar-refractivity contribution is -0.208. The van der Waals surface area contributed by atoms with Gasteiger partial charge in [-0.15, -0.1) is 0 Å². The third kappa shape index (κ3) is 1.50. The molecule has 76 valence electrons. The highest BCUT2D eigenvalue weighted by atomic mass is 19.4. The first kappa shape index (κ1) is 10.3. The Labute approximate surface area is 73.2 Å². The van der Waals surface area contributed by atoms with Crippen LogP contribution in [0.1, 0.15) is 12.8 Å². The lowest BCUT2D eigenvalue weighted by Gasteiger charge is -2.28. The number of carbonyl (C=O) groups excluding carboxylic acids is 1. The molecule has 1 aliphatic rings. The molecule has 0 aromatic heterocycles. The maximum atomic E-state index is 12.5. The molecule has 6 heteroatoms. The Morgan fingerprint density at radius 2 is 2.15 bits per heavy atom. The monoisotopic (exact) mass is 197 g/mol. The van der Waals surface area contributed by atoms with Crippen LogP contribution in [0.25, 0.3) is 0 Å². The molecule has 0 aromatic rings. The lowest BCUT2D eigenvalue weighted by Crippen LogP contribution is -2.59. The molecule has 0 unspecified atom stereocenters. The first-order valence-corrected chi connectivity index (χ1v) is 3.84. The summed E-state index contributed by atoms with van der Waals surface area (Å²) in [5, 5.41) is 2.16. The zero-order chi connectivity index (χ0) is 10.1. The third-order valence-electron chi connectivity index (χ3n) is 2.17. The van der Waals surface area contributed by atoms with Gasteiger partial charge in [-0.2, -0.15) is 13.2 Å². The van der Waals surface area contributed by atoms with Gasteiger partial charge in [-0.3, -0.25) is 5.32 Å². The largest absolute Gasteiger partial charge is 0.467 e.